The van der Waals surface area contributed by atoms with Crippen LogP contribution < -0.4 is 5.56 Å². The van der Waals surface area contributed by atoms with Gasteiger partial charge in [0.25, 0.3) is 5.56 Å². The summed E-state index contributed by atoms with van der Waals surface area (Å²) >= 11 is 0. The molecule has 0 aliphatic heterocycles. The van der Waals surface area contributed by atoms with E-state index in [1.165, 1.54) is 16.7 Å². The first kappa shape index (κ1) is 12.9. The van der Waals surface area contributed by atoms with E-state index in [0.29, 0.717) is 5.56 Å². The van der Waals surface area contributed by atoms with Gasteiger partial charge in [0.15, 0.2) is 0 Å². The van der Waals surface area contributed by atoms with Gasteiger partial charge >= 0.3 is 0 Å². The number of nitrogens with zero attached hydrogens (tertiary/aromatic N) is 2. The normalized spacial score (nSPS) is 10.4. The second-order valence-electron chi connectivity index (χ2n) is 4.57. The van der Waals surface area contributed by atoms with Gasteiger partial charge in [0.1, 0.15) is 17.4 Å². The highest BCUT2D eigenvalue weighted by Gasteiger charge is 2.12. The largest absolute Gasteiger partial charge is 0.508 e. The topological polar surface area (TPSA) is 66.0 Å². The number of hydrogen-bond acceptors (Lipinski definition) is 3. The van der Waals surface area contributed by atoms with Crippen LogP contribution in [-0.4, -0.2) is 9.67 Å². The van der Waals surface area contributed by atoms with E-state index in [0.717, 1.165) is 5.56 Å². The number of aromatic hydroxyl groups is 1. The zero-order valence-corrected chi connectivity index (χ0v) is 10.8. The van der Waals surface area contributed by atoms with Crippen LogP contribution in [0.3, 0.4) is 0 Å². The standard InChI is InChI=1S/C15H14N2O2/c1-10(2)17-8-7-13(14(9-16)15(17)19)11-3-5-12(18)6-4-11/h3-8,10,18H,1-2H3. The molecule has 0 radical (unpaired) electrons. The number of benzene rings is 1. The van der Waals surface area contributed by atoms with Crippen molar-refractivity contribution < 1.29 is 5.11 Å². The third-order valence-corrected chi connectivity index (χ3v) is 2.97. The fourth-order valence-electron chi connectivity index (χ4n) is 1.95. The molecule has 0 unspecified atom stereocenters. The number of pyridine rings is 1. The van der Waals surface area contributed by atoms with Crippen molar-refractivity contribution in [3.05, 3.63) is 52.4 Å². The van der Waals surface area contributed by atoms with E-state index in [1.54, 1.807) is 24.4 Å². The van der Waals surface area contributed by atoms with Gasteiger partial charge in [-0.3, -0.25) is 4.79 Å². The lowest BCUT2D eigenvalue weighted by molar-refractivity contribution is 0.475. The van der Waals surface area contributed by atoms with E-state index >= 15 is 0 Å². The number of nitriles is 1. The molecule has 4 nitrogen and oxygen atoms in total. The molecule has 1 aromatic carbocycles. The molecule has 4 heteroatoms. The molecule has 0 saturated heterocycles. The number of phenolic OH excluding ortho intramolecular Hbond substituents is 1. The van der Waals surface area contributed by atoms with Gasteiger partial charge in [-0.15, -0.1) is 0 Å². The minimum absolute atomic E-state index is 0.00784. The van der Waals surface area contributed by atoms with Crippen molar-refractivity contribution in [3.63, 3.8) is 0 Å². The van der Waals surface area contributed by atoms with Gasteiger partial charge in [-0.25, -0.2) is 0 Å². The quantitative estimate of drug-likeness (QED) is 0.896. The number of hydrogen-bond donors (Lipinski definition) is 1. The van der Waals surface area contributed by atoms with Crippen LogP contribution in [0.25, 0.3) is 11.1 Å². The summed E-state index contributed by atoms with van der Waals surface area (Å²) in [6, 6.07) is 10.2. The van der Waals surface area contributed by atoms with Gasteiger partial charge < -0.3 is 9.67 Å². The fraction of sp³-hybridized carbons (Fsp3) is 0.200. The zero-order chi connectivity index (χ0) is 14.0. The van der Waals surface area contributed by atoms with Crippen molar-refractivity contribution in [3.8, 4) is 22.9 Å². The lowest BCUT2D eigenvalue weighted by atomic mass is 10.0. The summed E-state index contributed by atoms with van der Waals surface area (Å²) in [5, 5.41) is 18.5. The Morgan fingerprint density at radius 1 is 1.21 bits per heavy atom. The average molecular weight is 254 g/mol. The summed E-state index contributed by atoms with van der Waals surface area (Å²) in [4.78, 5) is 12.2. The lowest BCUT2D eigenvalue weighted by Gasteiger charge is -2.12. The molecule has 0 atom stereocenters. The SMILES string of the molecule is CC(C)n1ccc(-c2ccc(O)cc2)c(C#N)c1=O. The van der Waals surface area contributed by atoms with E-state index in [9.17, 15) is 15.2 Å². The Morgan fingerprint density at radius 2 is 1.84 bits per heavy atom. The molecule has 96 valence electrons. The number of aromatic nitrogens is 1. The Balaban J connectivity index is 2.66. The van der Waals surface area contributed by atoms with Gasteiger partial charge in [0.05, 0.1) is 0 Å². The minimum atomic E-state index is -0.289. The Morgan fingerprint density at radius 3 is 2.37 bits per heavy atom. The van der Waals surface area contributed by atoms with Gasteiger partial charge in [0, 0.05) is 17.8 Å². The van der Waals surface area contributed by atoms with E-state index in [1.807, 2.05) is 19.9 Å². The molecule has 1 aromatic heterocycles. The molecule has 0 fully saturated rings. The maximum Gasteiger partial charge on any atom is 0.269 e. The third kappa shape index (κ3) is 2.36. The smallest absolute Gasteiger partial charge is 0.269 e. The van der Waals surface area contributed by atoms with Crippen LogP contribution in [0.15, 0.2) is 41.3 Å². The van der Waals surface area contributed by atoms with Crippen molar-refractivity contribution in [1.82, 2.24) is 4.57 Å². The maximum absolute atomic E-state index is 12.2. The Kier molecular flexibility index (Phi) is 3.39. The highest BCUT2D eigenvalue weighted by Crippen LogP contribution is 2.23. The number of rotatable bonds is 2. The third-order valence-electron chi connectivity index (χ3n) is 2.97. The molecular weight excluding hydrogens is 240 g/mol. The molecule has 0 bridgehead atoms. The Bertz CT molecular complexity index is 692. The number of phenols is 1. The van der Waals surface area contributed by atoms with Gasteiger partial charge in [-0.1, -0.05) is 12.1 Å². The van der Waals surface area contributed by atoms with Crippen LogP contribution >= 0.6 is 0 Å². The summed E-state index contributed by atoms with van der Waals surface area (Å²) in [6.07, 6.45) is 1.69. The molecule has 19 heavy (non-hydrogen) atoms. The molecule has 0 aliphatic carbocycles. The predicted octanol–water partition coefficient (Wildman–Crippen LogP) is 2.67. The summed E-state index contributed by atoms with van der Waals surface area (Å²) < 4.78 is 1.53. The summed E-state index contributed by atoms with van der Waals surface area (Å²) in [5.74, 6) is 0.151. The van der Waals surface area contributed by atoms with E-state index in [2.05, 4.69) is 0 Å². The van der Waals surface area contributed by atoms with Crippen molar-refractivity contribution >= 4 is 0 Å². The minimum Gasteiger partial charge on any atom is -0.508 e. The van der Waals surface area contributed by atoms with E-state index < -0.39 is 0 Å². The summed E-state index contributed by atoms with van der Waals surface area (Å²) in [6.45, 7) is 3.78. The van der Waals surface area contributed by atoms with Crippen LogP contribution in [-0.2, 0) is 0 Å². The molecule has 2 rings (SSSR count). The zero-order valence-electron chi connectivity index (χ0n) is 10.8. The maximum atomic E-state index is 12.2. The highest BCUT2D eigenvalue weighted by molar-refractivity contribution is 5.70. The monoisotopic (exact) mass is 254 g/mol. The first-order valence-electron chi connectivity index (χ1n) is 5.99. The van der Waals surface area contributed by atoms with Crippen LogP contribution in [0.2, 0.25) is 0 Å². The highest BCUT2D eigenvalue weighted by atomic mass is 16.3. The van der Waals surface area contributed by atoms with Crippen LogP contribution in [0.4, 0.5) is 0 Å². The molecule has 1 heterocycles. The second kappa shape index (κ2) is 4.99. The van der Waals surface area contributed by atoms with Crippen LogP contribution in [0, 0.1) is 11.3 Å². The van der Waals surface area contributed by atoms with Gasteiger partial charge in [-0.05, 0) is 37.6 Å². The first-order valence-corrected chi connectivity index (χ1v) is 5.99. The van der Waals surface area contributed by atoms with Gasteiger partial charge in [0.2, 0.25) is 0 Å². The van der Waals surface area contributed by atoms with Gasteiger partial charge in [-0.2, -0.15) is 5.26 Å². The predicted molar refractivity (Wildman–Crippen MR) is 72.9 cm³/mol. The molecule has 0 amide bonds. The van der Waals surface area contributed by atoms with Crippen molar-refractivity contribution in [2.24, 2.45) is 0 Å². The van der Waals surface area contributed by atoms with E-state index in [-0.39, 0.29) is 22.9 Å². The molecule has 0 aliphatic rings. The Hall–Kier alpha value is -2.54. The van der Waals surface area contributed by atoms with Crippen LogP contribution in [0.1, 0.15) is 25.5 Å². The van der Waals surface area contributed by atoms with Crippen molar-refractivity contribution in [2.45, 2.75) is 19.9 Å². The fourth-order valence-corrected chi connectivity index (χ4v) is 1.95. The molecule has 2 aromatic rings. The first-order chi connectivity index (χ1) is 9.04. The van der Waals surface area contributed by atoms with Crippen LogP contribution in [0.5, 0.6) is 5.75 Å². The van der Waals surface area contributed by atoms with Crippen molar-refractivity contribution in [2.75, 3.05) is 0 Å². The molecule has 0 spiro atoms. The average Bonchev–Trinajstić information content (AvgIpc) is 2.38. The van der Waals surface area contributed by atoms with Crippen molar-refractivity contribution in [1.29, 1.82) is 5.26 Å². The van der Waals surface area contributed by atoms with E-state index in [4.69, 9.17) is 0 Å². The Labute approximate surface area is 111 Å². The second-order valence-corrected chi connectivity index (χ2v) is 4.57. The summed E-state index contributed by atoms with van der Waals surface area (Å²) in [5.41, 5.74) is 1.16. The lowest BCUT2D eigenvalue weighted by Crippen LogP contribution is -2.24. The molecule has 0 saturated carbocycles. The molecule has 1 N–H and O–H groups in total. The summed E-state index contributed by atoms with van der Waals surface area (Å²) in [7, 11) is 0. The molecular formula is C15H14N2O2.